The smallest absolute Gasteiger partial charge is 0.0621 e. The van der Waals surface area contributed by atoms with Crippen LogP contribution in [-0.2, 0) is 0 Å². The van der Waals surface area contributed by atoms with Crippen LogP contribution in [0.4, 0.5) is 17.1 Å². The predicted molar refractivity (Wildman–Crippen MR) is 79.8 cm³/mol. The molecule has 0 bridgehead atoms. The van der Waals surface area contributed by atoms with Gasteiger partial charge >= 0.3 is 0 Å². The number of aryl methyl sites for hydroxylation is 2. The minimum Gasteiger partial charge on any atom is -0.397 e. The summed E-state index contributed by atoms with van der Waals surface area (Å²) in [6.45, 7) is 6.16. The van der Waals surface area contributed by atoms with E-state index in [9.17, 15) is 0 Å². The summed E-state index contributed by atoms with van der Waals surface area (Å²) in [6, 6.07) is 9.93. The maximum absolute atomic E-state index is 6.04. The predicted octanol–water partition coefficient (Wildman–Crippen LogP) is 4.59. The first kappa shape index (κ1) is 12.8. The van der Waals surface area contributed by atoms with E-state index < -0.39 is 0 Å². The highest BCUT2D eigenvalue weighted by Gasteiger charge is 2.06. The molecule has 0 unspecified atom stereocenters. The van der Waals surface area contributed by atoms with Crippen LogP contribution in [0.1, 0.15) is 16.7 Å². The van der Waals surface area contributed by atoms with Crippen LogP contribution < -0.4 is 11.1 Å². The summed E-state index contributed by atoms with van der Waals surface area (Å²) in [5, 5.41) is 4.06. The standard InChI is InChI=1S/C15H17ClN2/c1-9-5-4-6-14(11(9)3)18-15-7-10(2)12(16)8-13(15)17/h4-8,18H,17H2,1-3H3. The van der Waals surface area contributed by atoms with Crippen molar-refractivity contribution in [2.75, 3.05) is 11.1 Å². The first-order valence-corrected chi connectivity index (χ1v) is 6.25. The van der Waals surface area contributed by atoms with Crippen molar-refractivity contribution >= 4 is 28.7 Å². The summed E-state index contributed by atoms with van der Waals surface area (Å²) >= 11 is 6.04. The molecular formula is C15H17ClN2. The van der Waals surface area contributed by atoms with Crippen LogP contribution in [-0.4, -0.2) is 0 Å². The molecule has 0 spiro atoms. The Morgan fingerprint density at radius 1 is 1.00 bits per heavy atom. The number of nitrogens with two attached hydrogens (primary N) is 1. The fourth-order valence-corrected chi connectivity index (χ4v) is 2.01. The van der Waals surface area contributed by atoms with Crippen molar-refractivity contribution in [3.05, 3.63) is 52.0 Å². The zero-order valence-electron chi connectivity index (χ0n) is 10.8. The molecule has 0 saturated heterocycles. The quantitative estimate of drug-likeness (QED) is 0.775. The van der Waals surface area contributed by atoms with E-state index in [0.29, 0.717) is 10.7 Å². The van der Waals surface area contributed by atoms with Crippen LogP contribution in [0.25, 0.3) is 0 Å². The average Bonchev–Trinajstić information content (AvgIpc) is 2.32. The third-order valence-electron chi connectivity index (χ3n) is 3.20. The zero-order valence-corrected chi connectivity index (χ0v) is 11.6. The minimum atomic E-state index is 0.659. The molecule has 0 aromatic heterocycles. The molecule has 0 atom stereocenters. The Balaban J connectivity index is 2.40. The van der Waals surface area contributed by atoms with Gasteiger partial charge < -0.3 is 11.1 Å². The molecule has 0 heterocycles. The van der Waals surface area contributed by atoms with E-state index >= 15 is 0 Å². The lowest BCUT2D eigenvalue weighted by atomic mass is 10.1. The SMILES string of the molecule is Cc1cc(Nc2cccc(C)c2C)c(N)cc1Cl. The highest BCUT2D eigenvalue weighted by Crippen LogP contribution is 2.30. The highest BCUT2D eigenvalue weighted by molar-refractivity contribution is 6.31. The summed E-state index contributed by atoms with van der Waals surface area (Å²) < 4.78 is 0. The van der Waals surface area contributed by atoms with Crippen LogP contribution in [0.2, 0.25) is 5.02 Å². The van der Waals surface area contributed by atoms with E-state index in [-0.39, 0.29) is 0 Å². The van der Waals surface area contributed by atoms with E-state index in [1.807, 2.05) is 25.1 Å². The Bertz CT molecular complexity index is 591. The first-order valence-electron chi connectivity index (χ1n) is 5.88. The highest BCUT2D eigenvalue weighted by atomic mass is 35.5. The molecule has 3 heteroatoms. The Morgan fingerprint density at radius 2 is 1.72 bits per heavy atom. The molecule has 0 aliphatic heterocycles. The fraction of sp³-hybridized carbons (Fsp3) is 0.200. The summed E-state index contributed by atoms with van der Waals surface area (Å²) in [4.78, 5) is 0. The lowest BCUT2D eigenvalue weighted by Gasteiger charge is -2.14. The number of hydrogen-bond acceptors (Lipinski definition) is 2. The second-order valence-electron chi connectivity index (χ2n) is 4.56. The van der Waals surface area contributed by atoms with Gasteiger partial charge in [0, 0.05) is 10.7 Å². The molecule has 94 valence electrons. The van der Waals surface area contributed by atoms with Crippen LogP contribution in [0.3, 0.4) is 0 Å². The topological polar surface area (TPSA) is 38.0 Å². The van der Waals surface area contributed by atoms with Crippen molar-refractivity contribution in [2.45, 2.75) is 20.8 Å². The minimum absolute atomic E-state index is 0.659. The second kappa shape index (κ2) is 4.91. The van der Waals surface area contributed by atoms with Crippen molar-refractivity contribution in [3.8, 4) is 0 Å². The van der Waals surface area contributed by atoms with Gasteiger partial charge in [-0.1, -0.05) is 23.7 Å². The van der Waals surface area contributed by atoms with Crippen LogP contribution in [0.5, 0.6) is 0 Å². The van der Waals surface area contributed by atoms with Crippen molar-refractivity contribution < 1.29 is 0 Å². The Hall–Kier alpha value is -1.67. The molecule has 2 aromatic rings. The third kappa shape index (κ3) is 2.44. The van der Waals surface area contributed by atoms with Gasteiger partial charge in [0.1, 0.15) is 0 Å². The van der Waals surface area contributed by atoms with Crippen molar-refractivity contribution in [1.29, 1.82) is 0 Å². The molecule has 0 amide bonds. The monoisotopic (exact) mass is 260 g/mol. The van der Waals surface area contributed by atoms with Crippen LogP contribution >= 0.6 is 11.6 Å². The molecular weight excluding hydrogens is 244 g/mol. The Kier molecular flexibility index (Phi) is 3.48. The molecule has 18 heavy (non-hydrogen) atoms. The molecule has 0 aliphatic carbocycles. The molecule has 0 radical (unpaired) electrons. The van der Waals surface area contributed by atoms with Gasteiger partial charge in [0.25, 0.3) is 0 Å². The van der Waals surface area contributed by atoms with Crippen molar-refractivity contribution in [1.82, 2.24) is 0 Å². The number of nitrogens with one attached hydrogen (secondary N) is 1. The largest absolute Gasteiger partial charge is 0.397 e. The van der Waals surface area contributed by atoms with Crippen LogP contribution in [0.15, 0.2) is 30.3 Å². The van der Waals surface area contributed by atoms with Crippen molar-refractivity contribution in [2.24, 2.45) is 0 Å². The molecule has 3 N–H and O–H groups in total. The summed E-state index contributed by atoms with van der Waals surface area (Å²) in [6.07, 6.45) is 0. The fourth-order valence-electron chi connectivity index (χ4n) is 1.84. The van der Waals surface area contributed by atoms with Crippen molar-refractivity contribution in [3.63, 3.8) is 0 Å². The van der Waals surface area contributed by atoms with Gasteiger partial charge in [-0.3, -0.25) is 0 Å². The Morgan fingerprint density at radius 3 is 2.44 bits per heavy atom. The molecule has 0 aliphatic rings. The van der Waals surface area contributed by atoms with Gasteiger partial charge in [0.15, 0.2) is 0 Å². The van der Waals surface area contributed by atoms with Gasteiger partial charge in [-0.2, -0.15) is 0 Å². The van der Waals surface area contributed by atoms with Gasteiger partial charge in [-0.25, -0.2) is 0 Å². The van der Waals surface area contributed by atoms with E-state index in [4.69, 9.17) is 17.3 Å². The Labute approximate surface area is 113 Å². The van der Waals surface area contributed by atoms with Gasteiger partial charge in [0.2, 0.25) is 0 Å². The number of rotatable bonds is 2. The zero-order chi connectivity index (χ0) is 13.3. The molecule has 0 fully saturated rings. The molecule has 2 nitrogen and oxygen atoms in total. The number of anilines is 3. The van der Waals surface area contributed by atoms with Gasteiger partial charge in [0.05, 0.1) is 11.4 Å². The van der Waals surface area contributed by atoms with Gasteiger partial charge in [-0.15, -0.1) is 0 Å². The lowest BCUT2D eigenvalue weighted by Crippen LogP contribution is -1.99. The van der Waals surface area contributed by atoms with Crippen LogP contribution in [0, 0.1) is 20.8 Å². The number of benzene rings is 2. The number of nitrogen functional groups attached to an aromatic ring is 1. The van der Waals surface area contributed by atoms with E-state index in [2.05, 4.69) is 25.2 Å². The lowest BCUT2D eigenvalue weighted by molar-refractivity contribution is 1.33. The average molecular weight is 261 g/mol. The normalized spacial score (nSPS) is 10.4. The number of hydrogen-bond donors (Lipinski definition) is 2. The maximum Gasteiger partial charge on any atom is 0.0621 e. The molecule has 2 rings (SSSR count). The maximum atomic E-state index is 6.04. The summed E-state index contributed by atoms with van der Waals surface area (Å²) in [7, 11) is 0. The first-order chi connectivity index (χ1) is 8.49. The second-order valence-corrected chi connectivity index (χ2v) is 4.97. The summed E-state index contributed by atoms with van der Waals surface area (Å²) in [5.74, 6) is 0. The van der Waals surface area contributed by atoms with E-state index in [1.165, 1.54) is 11.1 Å². The van der Waals surface area contributed by atoms with E-state index in [0.717, 1.165) is 16.9 Å². The van der Waals surface area contributed by atoms with E-state index in [1.54, 1.807) is 6.07 Å². The molecule has 2 aromatic carbocycles. The van der Waals surface area contributed by atoms with Gasteiger partial charge in [-0.05, 0) is 55.7 Å². The summed E-state index contributed by atoms with van der Waals surface area (Å²) in [5.41, 5.74) is 12.1. The molecule has 0 saturated carbocycles. The third-order valence-corrected chi connectivity index (χ3v) is 3.61. The number of halogens is 1.